The first-order chi connectivity index (χ1) is 64.5. The first-order valence-electron chi connectivity index (χ1n) is 46.0. The molecule has 16 nitrogen and oxygen atoms in total. The van der Waals surface area contributed by atoms with Crippen molar-refractivity contribution in [3.8, 4) is 46.1 Å². The van der Waals surface area contributed by atoms with Crippen LogP contribution in [0.1, 0.15) is 209 Å². The average molecular weight is 1850 g/mol. The summed E-state index contributed by atoms with van der Waals surface area (Å²) in [5.41, 5.74) is 14.8. The number of nitrogens with zero attached hydrogens (tertiary/aromatic N) is 9. The van der Waals surface area contributed by atoms with Gasteiger partial charge >= 0.3 is 0 Å². The van der Waals surface area contributed by atoms with Gasteiger partial charge in [-0.15, -0.1) is 11.8 Å². The molecule has 9 aliphatic rings. The maximum Gasteiger partial charge on any atom is 0.174 e. The maximum absolute atomic E-state index is 16.7. The van der Waals surface area contributed by atoms with Crippen molar-refractivity contribution in [1.82, 2.24) is 39.1 Å². The van der Waals surface area contributed by atoms with Crippen LogP contribution in [-0.2, 0) is 25.7 Å². The second-order valence-electron chi connectivity index (χ2n) is 38.1. The lowest BCUT2D eigenvalue weighted by atomic mass is 9.56. The lowest BCUT2D eigenvalue weighted by Crippen LogP contribution is -2.53. The fraction of sp³-hybridized carbons (Fsp3) is 0.361. The van der Waals surface area contributed by atoms with E-state index in [0.29, 0.717) is 53.6 Å². The van der Waals surface area contributed by atoms with E-state index < -0.39 is 53.0 Å². The van der Waals surface area contributed by atoms with E-state index in [9.17, 15) is 55.5 Å². The molecule has 9 aliphatic carbocycles. The van der Waals surface area contributed by atoms with Gasteiger partial charge < -0.3 is 34.6 Å². The highest BCUT2D eigenvalue weighted by atomic mass is 32.2. The number of halogens is 9. The molecule has 0 unspecified atom stereocenters. The summed E-state index contributed by atoms with van der Waals surface area (Å²) in [6.07, 6.45) is 29.0. The highest BCUT2D eigenvalue weighted by Crippen LogP contribution is 2.62. The zero-order valence-corrected chi connectivity index (χ0v) is 76.0. The van der Waals surface area contributed by atoms with Crippen LogP contribution in [0.3, 0.4) is 0 Å². The Morgan fingerprint density at radius 3 is 1.06 bits per heavy atom. The number of allylic oxidation sites excluding steroid dienone is 4. The molecule has 0 amide bonds. The number of benzene rings is 8. The Morgan fingerprint density at radius 1 is 0.403 bits per heavy atom. The molecule has 5 fully saturated rings. The van der Waals surface area contributed by atoms with Crippen molar-refractivity contribution < 1.29 is 74.2 Å². The average Bonchev–Trinajstić information content (AvgIpc) is 1.29. The van der Waals surface area contributed by atoms with E-state index in [4.69, 9.17) is 19.5 Å². The Bertz CT molecular complexity index is 6500. The Balaban J connectivity index is 0.000000120. The third-order valence-corrected chi connectivity index (χ3v) is 30.2. The van der Waals surface area contributed by atoms with Crippen LogP contribution in [0.5, 0.6) is 17.2 Å². The number of aliphatic hydroxyl groups is 4. The highest BCUT2D eigenvalue weighted by Gasteiger charge is 2.59. The molecule has 5 saturated carbocycles. The summed E-state index contributed by atoms with van der Waals surface area (Å²) in [5.74, 6) is -1.78. The molecule has 4 aromatic heterocycles. The number of nitriles is 1. The molecule has 0 aliphatic heterocycles. The maximum atomic E-state index is 16.7. The van der Waals surface area contributed by atoms with E-state index in [1.54, 1.807) is 89.7 Å². The molecule has 8 aromatic carbocycles. The zero-order chi connectivity index (χ0) is 93.7. The second-order valence-corrected chi connectivity index (χ2v) is 38.9. The molecule has 0 bridgehead atoms. The van der Waals surface area contributed by atoms with Gasteiger partial charge in [0.05, 0.1) is 95.2 Å². The number of hydrogen-bond donors (Lipinski definition) is 4. The van der Waals surface area contributed by atoms with Gasteiger partial charge in [-0.1, -0.05) is 80.3 Å². The minimum Gasteiger partial charge on any atom is -0.490 e. The summed E-state index contributed by atoms with van der Waals surface area (Å²) in [6.45, 7) is 8.77. The van der Waals surface area contributed by atoms with Crippen molar-refractivity contribution in [2.24, 2.45) is 45.3 Å². The van der Waals surface area contributed by atoms with E-state index in [1.807, 2.05) is 58.0 Å². The Hall–Kier alpha value is -12.0. The van der Waals surface area contributed by atoms with Gasteiger partial charge in [-0.25, -0.2) is 58.2 Å². The van der Waals surface area contributed by atoms with Gasteiger partial charge in [0.2, 0.25) is 0 Å². The van der Waals surface area contributed by atoms with Crippen molar-refractivity contribution in [3.63, 3.8) is 0 Å². The minimum absolute atomic E-state index is 0.00781. The van der Waals surface area contributed by atoms with E-state index in [0.717, 1.165) is 170 Å². The number of hydrogen-bond acceptors (Lipinski definition) is 13. The van der Waals surface area contributed by atoms with Gasteiger partial charge in [-0.3, -0.25) is 0 Å². The normalized spacial score (nSPS) is 23.7. The zero-order valence-electron chi connectivity index (χ0n) is 75.2. The molecule has 12 atom stereocenters. The van der Waals surface area contributed by atoms with E-state index in [-0.39, 0.29) is 93.4 Å². The van der Waals surface area contributed by atoms with Crippen molar-refractivity contribution in [2.75, 3.05) is 25.4 Å². The van der Waals surface area contributed by atoms with Gasteiger partial charge in [0.15, 0.2) is 41.3 Å². The van der Waals surface area contributed by atoms with E-state index >= 15 is 4.39 Å². The van der Waals surface area contributed by atoms with E-state index in [1.165, 1.54) is 126 Å². The highest BCUT2D eigenvalue weighted by molar-refractivity contribution is 7.98. The molecule has 26 heteroatoms. The number of alkyl halides is 1. The molecule has 694 valence electrons. The first kappa shape index (κ1) is 92.5. The molecule has 12 aromatic rings. The Morgan fingerprint density at radius 2 is 0.716 bits per heavy atom. The number of aliphatic hydroxyl groups excluding tert-OH is 4. The van der Waals surface area contributed by atoms with Crippen LogP contribution < -0.4 is 14.2 Å². The minimum atomic E-state index is -1.90. The van der Waals surface area contributed by atoms with Crippen LogP contribution in [0.2, 0.25) is 0 Å². The SMILES string of the molecule is CSCOc1cc([C@H](O)[C@H]2CCCC3=Cc4c(cnn4-c4ccc(F)cc4)C[C@@]32C)ccc1F.C[C@]12Cc3cnn(-c4ccc(F)cc4)c3C=C1CCC[C@@H]2[C@@H](O)c1ccc(F)c(OCC#N)c1.C[C@]12Cc3cnn(-c4ccc(F)cc4)c3C=C1CCC[C@@H]2[C@@H](O)c1ccc(F)c(OCC2CC2)c1.C[C@]12Cc3cnn(-c4ccc(F)cc4)c3C=C1CCC[C@]2(F)[C@@H](O)c1ccc(F)cc1. The van der Waals surface area contributed by atoms with Crippen LogP contribution in [-0.4, -0.2) is 90.6 Å². The lowest BCUT2D eigenvalue weighted by Gasteiger charge is -2.52. The number of rotatable bonds is 20. The number of thioether (sulfide) groups is 1. The van der Waals surface area contributed by atoms with Crippen LogP contribution in [0, 0.1) is 103 Å². The molecular formula is C108H106F9N9O7S. The quantitative estimate of drug-likeness (QED) is 0.0415. The largest absolute Gasteiger partial charge is 0.490 e. The number of ether oxygens (including phenoxy) is 3. The summed E-state index contributed by atoms with van der Waals surface area (Å²) in [5, 5.41) is 72.5. The molecular weight excluding hydrogens is 1740 g/mol. The van der Waals surface area contributed by atoms with Gasteiger partial charge in [-0.05, 0) is 376 Å². The standard InChI is InChI=1S/C29H30F2N2O2.C27H25F2N3O2.C27H28F2N2O2S.C25H23F3N2O/c1-29-15-20-16-32-33(23-10-8-22(30)9-11-23)26(20)14-21(29)3-2-4-24(29)28(34)19-7-12-25(31)27(13-19)35-17-18-5-6-18;1-27-15-18-16-31-32(21-8-6-20(28)7-9-21)24(18)14-19(27)3-2-4-22(27)26(33)17-5-10-23(29)25(13-17)34-12-11-30;1-27-14-18-15-30-31(21-9-7-20(28)8-10-21)24(18)13-19(27)4-3-5-22(27)26(32)17-6-11-23(29)25(12-17)33-16-34-2;1-24-14-17-15-29-30(21-10-8-20(27)9-11-21)22(17)13-18(24)3-2-12-25(24,28)23(31)16-4-6-19(26)7-5-16/h7-14,16,18,24,28,34H,2-6,15,17H2,1H3;5-10,13-14,16,22,26,33H,2-4,12,15H2,1H3;6-13,15,22,26,32H,3-5,14,16H2,1-2H3;4-11,13,15,23,31H,2-3,12,14H2,1H3/t24-,28+,29+;2*22-,26+,27+;23-,24-,25-/m1110/s1. The monoisotopic (exact) mass is 1840 g/mol. The first-order valence-corrected chi connectivity index (χ1v) is 47.4. The molecule has 0 saturated heterocycles. The third-order valence-electron chi connectivity index (χ3n) is 29.9. The lowest BCUT2D eigenvalue weighted by molar-refractivity contribution is -0.101. The fourth-order valence-corrected chi connectivity index (χ4v) is 22.4. The third kappa shape index (κ3) is 18.0. The molecule has 0 spiro atoms. The predicted molar refractivity (Wildman–Crippen MR) is 497 cm³/mol. The summed E-state index contributed by atoms with van der Waals surface area (Å²) in [6, 6.07) is 46.1. The predicted octanol–water partition coefficient (Wildman–Crippen LogP) is 24.0. The second kappa shape index (κ2) is 38.1. The van der Waals surface area contributed by atoms with E-state index in [2.05, 4.69) is 59.4 Å². The smallest absolute Gasteiger partial charge is 0.174 e. The Kier molecular flexibility index (Phi) is 26.3. The van der Waals surface area contributed by atoms with Gasteiger partial charge in [-0.2, -0.15) is 25.7 Å². The van der Waals surface area contributed by atoms with Crippen LogP contribution in [0.15, 0.2) is 223 Å². The molecule has 134 heavy (non-hydrogen) atoms. The van der Waals surface area contributed by atoms with Crippen molar-refractivity contribution in [1.29, 1.82) is 5.26 Å². The molecule has 4 heterocycles. The topological polar surface area (TPSA) is 204 Å². The van der Waals surface area contributed by atoms with Gasteiger partial charge in [0, 0.05) is 5.41 Å². The van der Waals surface area contributed by atoms with Crippen molar-refractivity contribution in [2.45, 2.75) is 173 Å². The van der Waals surface area contributed by atoms with Gasteiger partial charge in [0.1, 0.15) is 52.9 Å². The molecule has 4 N–H and O–H groups in total. The van der Waals surface area contributed by atoms with Crippen LogP contribution in [0.25, 0.3) is 47.1 Å². The fourth-order valence-electron chi connectivity index (χ4n) is 22.2. The molecule has 21 rings (SSSR count). The summed E-state index contributed by atoms with van der Waals surface area (Å²) >= 11 is 1.47. The number of fused-ring (bicyclic) bond motifs is 8. The van der Waals surface area contributed by atoms with Crippen molar-refractivity contribution >= 4 is 36.1 Å². The van der Waals surface area contributed by atoms with Gasteiger partial charge in [0.25, 0.3) is 0 Å². The van der Waals surface area contributed by atoms with Crippen LogP contribution >= 0.6 is 11.8 Å². The van der Waals surface area contributed by atoms with Crippen molar-refractivity contribution in [3.05, 3.63) is 337 Å². The summed E-state index contributed by atoms with van der Waals surface area (Å²) < 4.78 is 150. The Labute approximate surface area is 777 Å². The van der Waals surface area contributed by atoms with Crippen LogP contribution in [0.4, 0.5) is 39.5 Å². The summed E-state index contributed by atoms with van der Waals surface area (Å²) in [4.78, 5) is 0. The molecule has 0 radical (unpaired) electrons. The number of aromatic nitrogens is 8. The summed E-state index contributed by atoms with van der Waals surface area (Å²) in [7, 11) is 0.